The van der Waals surface area contributed by atoms with E-state index in [0.717, 1.165) is 57.8 Å². The number of aliphatic hydroxyl groups is 1. The summed E-state index contributed by atoms with van der Waals surface area (Å²) in [4.78, 5) is 12.2. The van der Waals surface area contributed by atoms with E-state index in [-0.39, 0.29) is 30.0 Å². The second-order valence-electron chi connectivity index (χ2n) is 7.60. The number of methoxy groups -OCH3 is 1. The lowest BCUT2D eigenvalue weighted by atomic mass is 9.72. The van der Waals surface area contributed by atoms with E-state index in [4.69, 9.17) is 15.6 Å². The maximum atomic E-state index is 12.2. The molecular weight excluding hydrogens is 278 g/mol. The van der Waals surface area contributed by atoms with Gasteiger partial charge >= 0.3 is 5.97 Å². The molecule has 0 amide bonds. The van der Waals surface area contributed by atoms with Gasteiger partial charge < -0.3 is 15.6 Å². The van der Waals surface area contributed by atoms with Crippen molar-refractivity contribution in [2.45, 2.75) is 77.7 Å². The van der Waals surface area contributed by atoms with Gasteiger partial charge in [0.1, 0.15) is 0 Å². The van der Waals surface area contributed by atoms with Crippen molar-refractivity contribution in [1.29, 1.82) is 0 Å². The minimum absolute atomic E-state index is 0.0385. The van der Waals surface area contributed by atoms with Crippen molar-refractivity contribution < 1.29 is 14.6 Å². The number of ether oxygens (including phenoxy) is 1. The fourth-order valence-electron chi connectivity index (χ4n) is 3.77. The van der Waals surface area contributed by atoms with E-state index in [1.54, 1.807) is 0 Å². The highest BCUT2D eigenvalue weighted by Crippen LogP contribution is 2.39. The van der Waals surface area contributed by atoms with E-state index in [1.165, 1.54) is 7.11 Å². The van der Waals surface area contributed by atoms with Crippen LogP contribution in [0.25, 0.3) is 0 Å². The standard InChI is InChI=1S/C18H35NO3/c1-18(2)12-4-7-15(19)10-8-14(6-5-13-20)9-11-16(18)17(21)22-3/h14-16,20H,4-13,19H2,1-3H3. The van der Waals surface area contributed by atoms with Gasteiger partial charge in [-0.1, -0.05) is 20.3 Å². The average molecular weight is 313 g/mol. The third kappa shape index (κ3) is 6.25. The van der Waals surface area contributed by atoms with Crippen molar-refractivity contribution in [2.24, 2.45) is 23.0 Å². The summed E-state index contributed by atoms with van der Waals surface area (Å²) >= 11 is 0. The maximum absolute atomic E-state index is 12.2. The van der Waals surface area contributed by atoms with Gasteiger partial charge in [0, 0.05) is 12.6 Å². The minimum atomic E-state index is -0.0746. The highest BCUT2D eigenvalue weighted by Gasteiger charge is 2.36. The molecule has 130 valence electrons. The lowest BCUT2D eigenvalue weighted by Crippen LogP contribution is -2.32. The van der Waals surface area contributed by atoms with Crippen LogP contribution in [0.4, 0.5) is 0 Å². The largest absolute Gasteiger partial charge is 0.469 e. The van der Waals surface area contributed by atoms with Crippen LogP contribution in [0.15, 0.2) is 0 Å². The van der Waals surface area contributed by atoms with Gasteiger partial charge in [-0.25, -0.2) is 0 Å². The van der Waals surface area contributed by atoms with Crippen LogP contribution in [-0.2, 0) is 9.53 Å². The van der Waals surface area contributed by atoms with Gasteiger partial charge in [0.15, 0.2) is 0 Å². The third-order valence-corrected chi connectivity index (χ3v) is 5.40. The number of carbonyl (C=O) groups is 1. The lowest BCUT2D eigenvalue weighted by Gasteiger charge is -2.33. The van der Waals surface area contributed by atoms with Crippen LogP contribution in [-0.4, -0.2) is 30.8 Å². The highest BCUT2D eigenvalue weighted by atomic mass is 16.5. The number of hydrogen-bond donors (Lipinski definition) is 2. The van der Waals surface area contributed by atoms with Gasteiger partial charge in [-0.3, -0.25) is 4.79 Å². The molecule has 1 fully saturated rings. The lowest BCUT2D eigenvalue weighted by molar-refractivity contribution is -0.150. The zero-order valence-corrected chi connectivity index (χ0v) is 14.6. The van der Waals surface area contributed by atoms with Gasteiger partial charge in [0.25, 0.3) is 0 Å². The monoisotopic (exact) mass is 313 g/mol. The molecule has 22 heavy (non-hydrogen) atoms. The normalized spacial score (nSPS) is 30.3. The first-order valence-electron chi connectivity index (χ1n) is 8.85. The first kappa shape index (κ1) is 19.4. The van der Waals surface area contributed by atoms with Crippen molar-refractivity contribution in [2.75, 3.05) is 13.7 Å². The Labute approximate surface area is 135 Å². The van der Waals surface area contributed by atoms with E-state index >= 15 is 0 Å². The molecule has 0 spiro atoms. The number of aliphatic hydroxyl groups excluding tert-OH is 1. The van der Waals surface area contributed by atoms with Crippen LogP contribution in [0.2, 0.25) is 0 Å². The molecule has 0 aliphatic heterocycles. The topological polar surface area (TPSA) is 72.5 Å². The molecule has 1 aliphatic carbocycles. The number of carbonyl (C=O) groups excluding carboxylic acids is 1. The zero-order valence-electron chi connectivity index (χ0n) is 14.6. The Morgan fingerprint density at radius 1 is 1.23 bits per heavy atom. The summed E-state index contributed by atoms with van der Waals surface area (Å²) in [6, 6.07) is 0.266. The van der Waals surface area contributed by atoms with Crippen LogP contribution in [0.1, 0.15) is 71.6 Å². The smallest absolute Gasteiger partial charge is 0.309 e. The molecule has 0 aromatic carbocycles. The van der Waals surface area contributed by atoms with Crippen molar-refractivity contribution in [3.05, 3.63) is 0 Å². The summed E-state index contributed by atoms with van der Waals surface area (Å²) in [5.41, 5.74) is 6.19. The Kier molecular flexibility index (Phi) is 8.40. The average Bonchev–Trinajstić information content (AvgIpc) is 2.49. The third-order valence-electron chi connectivity index (χ3n) is 5.40. The quantitative estimate of drug-likeness (QED) is 0.781. The molecule has 1 saturated carbocycles. The molecule has 4 nitrogen and oxygen atoms in total. The van der Waals surface area contributed by atoms with E-state index in [0.29, 0.717) is 5.92 Å². The van der Waals surface area contributed by atoms with Gasteiger partial charge in [0.05, 0.1) is 13.0 Å². The maximum Gasteiger partial charge on any atom is 0.309 e. The number of nitrogens with two attached hydrogens (primary N) is 1. The Morgan fingerprint density at radius 2 is 1.91 bits per heavy atom. The number of hydrogen-bond acceptors (Lipinski definition) is 4. The summed E-state index contributed by atoms with van der Waals surface area (Å²) < 4.78 is 5.06. The number of esters is 1. The van der Waals surface area contributed by atoms with Crippen LogP contribution in [0.3, 0.4) is 0 Å². The van der Waals surface area contributed by atoms with Gasteiger partial charge in [-0.2, -0.15) is 0 Å². The molecular formula is C18H35NO3. The Morgan fingerprint density at radius 3 is 2.55 bits per heavy atom. The van der Waals surface area contributed by atoms with E-state index in [9.17, 15) is 4.79 Å². The molecule has 0 bridgehead atoms. The predicted molar refractivity (Wildman–Crippen MR) is 89.4 cm³/mol. The molecule has 4 heteroatoms. The van der Waals surface area contributed by atoms with E-state index < -0.39 is 0 Å². The van der Waals surface area contributed by atoms with Crippen molar-refractivity contribution in [1.82, 2.24) is 0 Å². The number of rotatable bonds is 4. The second kappa shape index (κ2) is 9.51. The van der Waals surface area contributed by atoms with E-state index in [1.807, 2.05) is 0 Å². The Bertz CT molecular complexity index is 330. The van der Waals surface area contributed by atoms with Crippen molar-refractivity contribution >= 4 is 5.97 Å². The molecule has 1 rings (SSSR count). The zero-order chi connectivity index (χ0) is 16.6. The van der Waals surface area contributed by atoms with Gasteiger partial charge in [-0.05, 0) is 62.7 Å². The summed E-state index contributed by atoms with van der Waals surface area (Å²) in [5, 5.41) is 9.08. The Balaban J connectivity index is 2.81. The van der Waals surface area contributed by atoms with Gasteiger partial charge in [0.2, 0.25) is 0 Å². The molecule has 0 saturated heterocycles. The highest BCUT2D eigenvalue weighted by molar-refractivity contribution is 5.73. The molecule has 0 radical (unpaired) electrons. The molecule has 3 atom stereocenters. The molecule has 0 aromatic heterocycles. The van der Waals surface area contributed by atoms with Gasteiger partial charge in [-0.15, -0.1) is 0 Å². The molecule has 1 aliphatic rings. The van der Waals surface area contributed by atoms with Crippen LogP contribution in [0.5, 0.6) is 0 Å². The van der Waals surface area contributed by atoms with Crippen LogP contribution >= 0.6 is 0 Å². The summed E-state index contributed by atoms with van der Waals surface area (Å²) in [5.74, 6) is 0.442. The first-order chi connectivity index (χ1) is 10.4. The van der Waals surface area contributed by atoms with Crippen LogP contribution in [0, 0.1) is 17.3 Å². The minimum Gasteiger partial charge on any atom is -0.469 e. The predicted octanol–water partition coefficient (Wildman–Crippen LogP) is 3.26. The Hall–Kier alpha value is -0.610. The van der Waals surface area contributed by atoms with Crippen molar-refractivity contribution in [3.63, 3.8) is 0 Å². The SMILES string of the molecule is COC(=O)C1CCC(CCCO)CCC(N)CCCC1(C)C. The summed E-state index contributed by atoms with van der Waals surface area (Å²) in [7, 11) is 1.49. The molecule has 3 N–H and O–H groups in total. The summed E-state index contributed by atoms with van der Waals surface area (Å²) in [6.07, 6.45) is 9.05. The first-order valence-corrected chi connectivity index (χ1v) is 8.85. The van der Waals surface area contributed by atoms with E-state index in [2.05, 4.69) is 13.8 Å². The second-order valence-corrected chi connectivity index (χ2v) is 7.60. The van der Waals surface area contributed by atoms with Crippen molar-refractivity contribution in [3.8, 4) is 0 Å². The fraction of sp³-hybridized carbons (Fsp3) is 0.944. The summed E-state index contributed by atoms with van der Waals surface area (Å²) in [6.45, 7) is 4.61. The fourth-order valence-corrected chi connectivity index (χ4v) is 3.77. The molecule has 0 aromatic rings. The molecule has 3 unspecified atom stereocenters. The molecule has 0 heterocycles. The van der Waals surface area contributed by atoms with Crippen LogP contribution < -0.4 is 5.73 Å².